The van der Waals surface area contributed by atoms with Gasteiger partial charge in [0.2, 0.25) is 5.91 Å². The molecular weight excluding hydrogens is 266 g/mol. The molecule has 1 aliphatic heterocycles. The Labute approximate surface area is 123 Å². The Morgan fingerprint density at radius 3 is 2.62 bits per heavy atom. The van der Waals surface area contributed by atoms with Crippen LogP contribution in [0, 0.1) is 12.8 Å². The van der Waals surface area contributed by atoms with Gasteiger partial charge in [0.1, 0.15) is 0 Å². The van der Waals surface area contributed by atoms with Crippen molar-refractivity contribution < 1.29 is 9.59 Å². The van der Waals surface area contributed by atoms with Crippen molar-refractivity contribution in [1.82, 2.24) is 9.88 Å². The van der Waals surface area contributed by atoms with Crippen molar-refractivity contribution in [3.8, 4) is 0 Å². The Morgan fingerprint density at radius 1 is 1.24 bits per heavy atom. The molecule has 21 heavy (non-hydrogen) atoms. The number of aromatic nitrogens is 1. The molecule has 2 amide bonds. The van der Waals surface area contributed by atoms with Crippen LogP contribution < -0.4 is 5.73 Å². The molecule has 0 spiro atoms. The molecular formula is C16H19N3O2. The third kappa shape index (κ3) is 2.63. The Morgan fingerprint density at radius 2 is 1.95 bits per heavy atom. The summed E-state index contributed by atoms with van der Waals surface area (Å²) in [5.41, 5.74) is 8.13. The fourth-order valence-electron chi connectivity index (χ4n) is 2.96. The first-order chi connectivity index (χ1) is 10.0. The molecule has 0 radical (unpaired) electrons. The van der Waals surface area contributed by atoms with Crippen LogP contribution in [0.3, 0.4) is 0 Å². The molecule has 0 saturated carbocycles. The zero-order chi connectivity index (χ0) is 15.0. The third-order valence-corrected chi connectivity index (χ3v) is 4.19. The Kier molecular flexibility index (Phi) is 3.41. The number of hydrogen-bond donors (Lipinski definition) is 2. The van der Waals surface area contributed by atoms with Gasteiger partial charge in [-0.05, 0) is 44.0 Å². The Hall–Kier alpha value is -2.30. The van der Waals surface area contributed by atoms with E-state index in [-0.39, 0.29) is 17.7 Å². The number of hydrogen-bond acceptors (Lipinski definition) is 2. The number of benzene rings is 1. The number of nitrogens with two attached hydrogens (primary N) is 1. The second kappa shape index (κ2) is 5.24. The molecule has 2 heterocycles. The van der Waals surface area contributed by atoms with E-state index in [1.165, 1.54) is 0 Å². The van der Waals surface area contributed by atoms with Crippen LogP contribution in [0.5, 0.6) is 0 Å². The Balaban J connectivity index is 1.76. The molecule has 1 aromatic carbocycles. The zero-order valence-corrected chi connectivity index (χ0v) is 12.1. The van der Waals surface area contributed by atoms with Crippen LogP contribution >= 0.6 is 0 Å². The lowest BCUT2D eigenvalue weighted by Gasteiger charge is -2.30. The van der Waals surface area contributed by atoms with Crippen LogP contribution in [0.25, 0.3) is 10.9 Å². The third-order valence-electron chi connectivity index (χ3n) is 4.19. The maximum Gasteiger partial charge on any atom is 0.253 e. The summed E-state index contributed by atoms with van der Waals surface area (Å²) in [4.78, 5) is 28.7. The van der Waals surface area contributed by atoms with Crippen molar-refractivity contribution in [3.63, 3.8) is 0 Å². The number of H-pyrrole nitrogens is 1. The van der Waals surface area contributed by atoms with Gasteiger partial charge in [0.25, 0.3) is 5.91 Å². The summed E-state index contributed by atoms with van der Waals surface area (Å²) in [6, 6.07) is 7.74. The summed E-state index contributed by atoms with van der Waals surface area (Å²) in [5, 5.41) is 1.05. The minimum absolute atomic E-state index is 0.0265. The number of carbonyl (C=O) groups excluding carboxylic acids is 2. The summed E-state index contributed by atoms with van der Waals surface area (Å²) >= 11 is 0. The number of piperidine rings is 1. The molecule has 5 nitrogen and oxygen atoms in total. The molecule has 0 unspecified atom stereocenters. The Bertz CT molecular complexity index is 697. The van der Waals surface area contributed by atoms with E-state index in [0.717, 1.165) is 16.6 Å². The van der Waals surface area contributed by atoms with Crippen LogP contribution in [-0.4, -0.2) is 34.8 Å². The number of amides is 2. The van der Waals surface area contributed by atoms with E-state index in [1.54, 1.807) is 4.90 Å². The van der Waals surface area contributed by atoms with E-state index >= 15 is 0 Å². The average molecular weight is 285 g/mol. The van der Waals surface area contributed by atoms with Crippen LogP contribution in [0.2, 0.25) is 0 Å². The highest BCUT2D eigenvalue weighted by Crippen LogP contribution is 2.21. The highest BCUT2D eigenvalue weighted by Gasteiger charge is 2.26. The van der Waals surface area contributed by atoms with Gasteiger partial charge in [0.05, 0.1) is 0 Å². The minimum Gasteiger partial charge on any atom is -0.369 e. The number of likely N-dealkylation sites (tertiary alicyclic amines) is 1. The number of aryl methyl sites for hydroxylation is 1. The van der Waals surface area contributed by atoms with Crippen molar-refractivity contribution >= 4 is 22.7 Å². The van der Waals surface area contributed by atoms with Gasteiger partial charge in [-0.2, -0.15) is 0 Å². The number of carbonyl (C=O) groups is 2. The molecule has 0 aliphatic carbocycles. The fourth-order valence-corrected chi connectivity index (χ4v) is 2.96. The van der Waals surface area contributed by atoms with E-state index in [4.69, 9.17) is 5.73 Å². The normalized spacial score (nSPS) is 16.3. The van der Waals surface area contributed by atoms with E-state index in [2.05, 4.69) is 4.98 Å². The summed E-state index contributed by atoms with van der Waals surface area (Å²) < 4.78 is 0. The van der Waals surface area contributed by atoms with Gasteiger partial charge in [0.15, 0.2) is 0 Å². The van der Waals surface area contributed by atoms with E-state index in [1.807, 2.05) is 31.2 Å². The van der Waals surface area contributed by atoms with E-state index in [0.29, 0.717) is 31.5 Å². The highest BCUT2D eigenvalue weighted by atomic mass is 16.2. The molecule has 3 N–H and O–H groups in total. The van der Waals surface area contributed by atoms with Crippen molar-refractivity contribution in [2.24, 2.45) is 11.7 Å². The monoisotopic (exact) mass is 285 g/mol. The molecule has 0 atom stereocenters. The largest absolute Gasteiger partial charge is 0.369 e. The lowest BCUT2D eigenvalue weighted by molar-refractivity contribution is -0.123. The first-order valence-corrected chi connectivity index (χ1v) is 7.22. The number of nitrogens with one attached hydrogen (secondary N) is 1. The van der Waals surface area contributed by atoms with Crippen LogP contribution in [0.15, 0.2) is 24.3 Å². The first-order valence-electron chi connectivity index (χ1n) is 7.22. The van der Waals surface area contributed by atoms with Gasteiger partial charge >= 0.3 is 0 Å². The molecule has 3 rings (SSSR count). The van der Waals surface area contributed by atoms with Crippen molar-refractivity contribution in [2.75, 3.05) is 13.1 Å². The molecule has 1 aromatic heterocycles. The number of aromatic amines is 1. The van der Waals surface area contributed by atoms with Crippen LogP contribution in [0.4, 0.5) is 0 Å². The number of primary amides is 1. The molecule has 110 valence electrons. The topological polar surface area (TPSA) is 79.2 Å². The molecule has 1 aliphatic rings. The highest BCUT2D eigenvalue weighted by molar-refractivity contribution is 5.98. The van der Waals surface area contributed by atoms with Crippen molar-refractivity contribution in [1.29, 1.82) is 0 Å². The lowest BCUT2D eigenvalue weighted by atomic mass is 9.96. The maximum atomic E-state index is 12.5. The second-order valence-corrected chi connectivity index (χ2v) is 5.72. The van der Waals surface area contributed by atoms with Gasteiger partial charge in [-0.15, -0.1) is 0 Å². The zero-order valence-electron chi connectivity index (χ0n) is 12.1. The van der Waals surface area contributed by atoms with Gasteiger partial charge in [0, 0.05) is 41.2 Å². The summed E-state index contributed by atoms with van der Waals surface area (Å²) in [6.07, 6.45) is 1.32. The van der Waals surface area contributed by atoms with Crippen molar-refractivity contribution in [3.05, 3.63) is 35.5 Å². The van der Waals surface area contributed by atoms with E-state index in [9.17, 15) is 9.59 Å². The van der Waals surface area contributed by atoms with Gasteiger partial charge in [-0.1, -0.05) is 0 Å². The first kappa shape index (κ1) is 13.7. The fraction of sp³-hybridized carbons (Fsp3) is 0.375. The maximum absolute atomic E-state index is 12.5. The summed E-state index contributed by atoms with van der Waals surface area (Å²) in [7, 11) is 0. The molecule has 1 saturated heterocycles. The predicted molar refractivity (Wildman–Crippen MR) is 80.9 cm³/mol. The number of rotatable bonds is 2. The van der Waals surface area contributed by atoms with Crippen molar-refractivity contribution in [2.45, 2.75) is 19.8 Å². The summed E-state index contributed by atoms with van der Waals surface area (Å²) in [5.74, 6) is -0.325. The second-order valence-electron chi connectivity index (χ2n) is 5.72. The van der Waals surface area contributed by atoms with E-state index < -0.39 is 0 Å². The smallest absolute Gasteiger partial charge is 0.253 e. The van der Waals surface area contributed by atoms with Gasteiger partial charge < -0.3 is 15.6 Å². The molecule has 1 fully saturated rings. The van der Waals surface area contributed by atoms with Gasteiger partial charge in [-0.3, -0.25) is 9.59 Å². The van der Waals surface area contributed by atoms with Crippen LogP contribution in [0.1, 0.15) is 28.9 Å². The quantitative estimate of drug-likeness (QED) is 0.882. The number of nitrogens with zero attached hydrogens (tertiary/aromatic N) is 1. The SMILES string of the molecule is Cc1cc2cc(C(=O)N3CCC(C(N)=O)CC3)ccc2[nH]1. The standard InChI is InChI=1S/C16H19N3O2/c1-10-8-13-9-12(2-3-14(13)18-10)16(21)19-6-4-11(5-7-19)15(17)20/h2-3,8-9,11,18H,4-7H2,1H3,(H2,17,20). The van der Waals surface area contributed by atoms with Gasteiger partial charge in [-0.25, -0.2) is 0 Å². The van der Waals surface area contributed by atoms with Crippen LogP contribution in [-0.2, 0) is 4.79 Å². The molecule has 0 bridgehead atoms. The molecule has 5 heteroatoms. The average Bonchev–Trinajstić information content (AvgIpc) is 2.85. The minimum atomic E-state index is -0.258. The molecule has 2 aromatic rings. The predicted octanol–water partition coefficient (Wildman–Crippen LogP) is 1.81. The number of fused-ring (bicyclic) bond motifs is 1. The summed E-state index contributed by atoms with van der Waals surface area (Å²) in [6.45, 7) is 3.18. The lowest BCUT2D eigenvalue weighted by Crippen LogP contribution is -2.41.